The zero-order chi connectivity index (χ0) is 17.2. The summed E-state index contributed by atoms with van der Waals surface area (Å²) in [6.45, 7) is 4.62. The molecule has 0 saturated carbocycles. The van der Waals surface area contributed by atoms with Crippen LogP contribution in [-0.4, -0.2) is 60.1 Å². The van der Waals surface area contributed by atoms with Gasteiger partial charge in [-0.25, -0.2) is 4.79 Å². The quantitative estimate of drug-likeness (QED) is 0.908. The molecule has 0 aliphatic carbocycles. The first-order chi connectivity index (χ1) is 11.5. The molecule has 1 spiro atoms. The van der Waals surface area contributed by atoms with Crippen LogP contribution in [-0.2, 0) is 9.53 Å². The first-order valence-corrected chi connectivity index (χ1v) is 8.54. The van der Waals surface area contributed by atoms with Gasteiger partial charge in [-0.15, -0.1) is 0 Å². The number of carbonyl (C=O) groups excluding carboxylic acids is 2. The van der Waals surface area contributed by atoms with Gasteiger partial charge in [-0.1, -0.05) is 37.3 Å². The Balaban J connectivity index is 1.59. The van der Waals surface area contributed by atoms with Gasteiger partial charge in [0.1, 0.15) is 5.60 Å². The topological polar surface area (TPSA) is 75.9 Å². The summed E-state index contributed by atoms with van der Waals surface area (Å²) in [5, 5.41) is 0. The lowest BCUT2D eigenvalue weighted by atomic mass is 9.91. The van der Waals surface area contributed by atoms with Crippen LogP contribution in [0.5, 0.6) is 0 Å². The van der Waals surface area contributed by atoms with Crippen molar-refractivity contribution in [1.29, 1.82) is 0 Å². The number of hydrogen-bond donors (Lipinski definition) is 1. The van der Waals surface area contributed by atoms with E-state index in [1.165, 1.54) is 5.56 Å². The second-order valence-electron chi connectivity index (χ2n) is 6.83. The van der Waals surface area contributed by atoms with E-state index >= 15 is 0 Å². The molecule has 1 aromatic carbocycles. The molecule has 2 saturated heterocycles. The van der Waals surface area contributed by atoms with Crippen LogP contribution in [0.4, 0.5) is 4.79 Å². The average Bonchev–Trinajstić information content (AvgIpc) is 2.90. The van der Waals surface area contributed by atoms with Crippen molar-refractivity contribution in [2.24, 2.45) is 5.73 Å². The molecule has 2 fully saturated rings. The summed E-state index contributed by atoms with van der Waals surface area (Å²) in [6, 6.07) is 10.2. The van der Waals surface area contributed by atoms with E-state index in [2.05, 4.69) is 19.1 Å². The van der Waals surface area contributed by atoms with E-state index in [1.807, 2.05) is 18.2 Å². The summed E-state index contributed by atoms with van der Waals surface area (Å²) in [5.41, 5.74) is 6.19. The lowest BCUT2D eigenvalue weighted by Gasteiger charge is -2.37. The molecule has 0 radical (unpaired) electrons. The molecule has 0 aromatic heterocycles. The molecule has 130 valence electrons. The molecule has 6 heteroatoms. The maximum atomic E-state index is 12.3. The Morgan fingerprint density at radius 1 is 1.29 bits per heavy atom. The van der Waals surface area contributed by atoms with Crippen molar-refractivity contribution in [2.75, 3.05) is 32.7 Å². The molecule has 1 aromatic rings. The molecule has 2 heterocycles. The fraction of sp³-hybridized carbons (Fsp3) is 0.556. The molecular formula is C18H25N3O3. The number of hydrogen-bond acceptors (Lipinski definition) is 4. The SMILES string of the molecule is C[C@@H](CN1CC2(CCN(C(=O)CN)CC2)OC1=O)c1ccccc1. The second kappa shape index (κ2) is 6.81. The average molecular weight is 331 g/mol. The van der Waals surface area contributed by atoms with Crippen LogP contribution in [0, 0.1) is 0 Å². The standard InChI is InChI=1S/C18H25N3O3/c1-14(15-5-3-2-4-6-15)12-21-13-18(24-17(21)23)7-9-20(10-8-18)16(22)11-19/h2-6,14H,7-13,19H2,1H3/t14-/m0/s1. The smallest absolute Gasteiger partial charge is 0.410 e. The molecular weight excluding hydrogens is 306 g/mol. The van der Waals surface area contributed by atoms with Crippen molar-refractivity contribution in [1.82, 2.24) is 9.80 Å². The Bertz CT molecular complexity index is 597. The van der Waals surface area contributed by atoms with Gasteiger partial charge in [0.2, 0.25) is 5.91 Å². The number of carbonyl (C=O) groups is 2. The molecule has 2 aliphatic rings. The van der Waals surface area contributed by atoms with E-state index in [1.54, 1.807) is 9.80 Å². The van der Waals surface area contributed by atoms with Crippen LogP contribution < -0.4 is 5.73 Å². The number of nitrogens with two attached hydrogens (primary N) is 1. The second-order valence-corrected chi connectivity index (χ2v) is 6.83. The van der Waals surface area contributed by atoms with Gasteiger partial charge in [-0.05, 0) is 11.5 Å². The Morgan fingerprint density at radius 2 is 1.96 bits per heavy atom. The lowest BCUT2D eigenvalue weighted by molar-refractivity contribution is -0.133. The largest absolute Gasteiger partial charge is 0.441 e. The van der Waals surface area contributed by atoms with E-state index < -0.39 is 5.60 Å². The summed E-state index contributed by atoms with van der Waals surface area (Å²) in [7, 11) is 0. The van der Waals surface area contributed by atoms with E-state index in [-0.39, 0.29) is 24.5 Å². The summed E-state index contributed by atoms with van der Waals surface area (Å²) < 4.78 is 5.72. The van der Waals surface area contributed by atoms with Crippen molar-refractivity contribution in [3.63, 3.8) is 0 Å². The highest BCUT2D eigenvalue weighted by atomic mass is 16.6. The lowest BCUT2D eigenvalue weighted by Crippen LogP contribution is -2.50. The van der Waals surface area contributed by atoms with Crippen molar-refractivity contribution < 1.29 is 14.3 Å². The molecule has 2 aliphatic heterocycles. The van der Waals surface area contributed by atoms with Gasteiger partial charge in [0.05, 0.1) is 13.1 Å². The third-order valence-corrected chi connectivity index (χ3v) is 5.11. The molecule has 6 nitrogen and oxygen atoms in total. The number of rotatable bonds is 4. The summed E-state index contributed by atoms with van der Waals surface area (Å²) in [6.07, 6.45) is 1.12. The molecule has 2 amide bonds. The highest BCUT2D eigenvalue weighted by Gasteiger charge is 2.47. The third-order valence-electron chi connectivity index (χ3n) is 5.11. The minimum Gasteiger partial charge on any atom is -0.441 e. The van der Waals surface area contributed by atoms with Crippen molar-refractivity contribution >= 4 is 12.0 Å². The van der Waals surface area contributed by atoms with Crippen molar-refractivity contribution in [3.8, 4) is 0 Å². The predicted molar refractivity (Wildman–Crippen MR) is 90.5 cm³/mol. The fourth-order valence-corrected chi connectivity index (χ4v) is 3.60. The first kappa shape index (κ1) is 16.8. The van der Waals surface area contributed by atoms with Crippen LogP contribution >= 0.6 is 0 Å². The molecule has 24 heavy (non-hydrogen) atoms. The van der Waals surface area contributed by atoms with Gasteiger partial charge in [-0.3, -0.25) is 4.79 Å². The number of benzene rings is 1. The maximum Gasteiger partial charge on any atom is 0.410 e. The van der Waals surface area contributed by atoms with E-state index in [0.717, 1.165) is 0 Å². The van der Waals surface area contributed by atoms with Gasteiger partial charge in [0, 0.05) is 32.5 Å². The van der Waals surface area contributed by atoms with Gasteiger partial charge in [0.15, 0.2) is 0 Å². The van der Waals surface area contributed by atoms with E-state index in [9.17, 15) is 9.59 Å². The zero-order valence-corrected chi connectivity index (χ0v) is 14.1. The third kappa shape index (κ3) is 3.38. The van der Waals surface area contributed by atoms with E-state index in [4.69, 9.17) is 10.5 Å². The summed E-state index contributed by atoms with van der Waals surface area (Å²) >= 11 is 0. The normalized spacial score (nSPS) is 21.0. The van der Waals surface area contributed by atoms with Crippen molar-refractivity contribution in [2.45, 2.75) is 31.3 Å². The Kier molecular flexibility index (Phi) is 4.76. The van der Waals surface area contributed by atoms with Gasteiger partial charge in [-0.2, -0.15) is 0 Å². The molecule has 3 rings (SSSR count). The molecule has 0 unspecified atom stereocenters. The minimum atomic E-state index is -0.446. The monoisotopic (exact) mass is 331 g/mol. The van der Waals surface area contributed by atoms with E-state index in [0.29, 0.717) is 39.0 Å². The highest BCUT2D eigenvalue weighted by molar-refractivity contribution is 5.78. The molecule has 0 bridgehead atoms. The molecule has 1 atom stereocenters. The van der Waals surface area contributed by atoms with Gasteiger partial charge in [0.25, 0.3) is 0 Å². The van der Waals surface area contributed by atoms with Crippen LogP contribution in [0.25, 0.3) is 0 Å². The Hall–Kier alpha value is -2.08. The Morgan fingerprint density at radius 3 is 2.58 bits per heavy atom. The van der Waals surface area contributed by atoms with Crippen LogP contribution in [0.15, 0.2) is 30.3 Å². The summed E-state index contributed by atoms with van der Waals surface area (Å²) in [4.78, 5) is 27.5. The number of likely N-dealkylation sites (tertiary alicyclic amines) is 1. The first-order valence-electron chi connectivity index (χ1n) is 8.54. The maximum absolute atomic E-state index is 12.3. The number of amides is 2. The van der Waals surface area contributed by atoms with Crippen LogP contribution in [0.3, 0.4) is 0 Å². The number of nitrogens with zero attached hydrogens (tertiary/aromatic N) is 2. The van der Waals surface area contributed by atoms with Crippen LogP contribution in [0.1, 0.15) is 31.2 Å². The van der Waals surface area contributed by atoms with Gasteiger partial charge < -0.3 is 20.3 Å². The number of piperidine rings is 1. The minimum absolute atomic E-state index is 0.0352. The summed E-state index contributed by atoms with van der Waals surface area (Å²) in [5.74, 6) is 0.219. The van der Waals surface area contributed by atoms with Gasteiger partial charge >= 0.3 is 6.09 Å². The predicted octanol–water partition coefficient (Wildman–Crippen LogP) is 1.56. The Labute approximate surface area is 142 Å². The van der Waals surface area contributed by atoms with Crippen LogP contribution in [0.2, 0.25) is 0 Å². The number of ether oxygens (including phenoxy) is 1. The highest BCUT2D eigenvalue weighted by Crippen LogP contribution is 2.34. The molecule has 2 N–H and O–H groups in total. The van der Waals surface area contributed by atoms with Crippen molar-refractivity contribution in [3.05, 3.63) is 35.9 Å². The zero-order valence-electron chi connectivity index (χ0n) is 14.1. The fourth-order valence-electron chi connectivity index (χ4n) is 3.60.